The molecule has 0 aliphatic rings. The Morgan fingerprint density at radius 3 is 2.54 bits per heavy atom. The Kier molecular flexibility index (Phi) is 5.69. The van der Waals surface area contributed by atoms with Gasteiger partial charge in [-0.3, -0.25) is 4.79 Å². The average Bonchev–Trinajstić information content (AvgIpc) is 3.41. The second-order valence-corrected chi connectivity index (χ2v) is 7.93. The van der Waals surface area contributed by atoms with Crippen molar-refractivity contribution in [2.24, 2.45) is 0 Å². The predicted molar refractivity (Wildman–Crippen MR) is 112 cm³/mol. The quantitative estimate of drug-likeness (QED) is 0.301. The first kappa shape index (κ1) is 18.3. The number of hydrogen-bond acceptors (Lipinski definition) is 7. The lowest BCUT2D eigenvalue weighted by molar-refractivity contribution is 0.101. The fraction of sp³-hybridized carbons (Fsp3) is 0.0500. The standard InChI is InChI=1S/C20H16N4O2S2/c25-18(17-7-4-12-21-17)13-27-20-24-23-19(28-20)22-14-8-10-16(11-9-14)26-15-5-2-1-3-6-15/h1-12,21H,13H2,(H,22,23). The molecule has 4 rings (SSSR count). The number of benzene rings is 2. The number of carbonyl (C=O) groups is 1. The van der Waals surface area contributed by atoms with E-state index in [9.17, 15) is 4.79 Å². The molecule has 0 saturated carbocycles. The Hall–Kier alpha value is -3.10. The van der Waals surface area contributed by atoms with Crippen LogP contribution in [0.15, 0.2) is 77.3 Å². The normalized spacial score (nSPS) is 10.6. The predicted octanol–water partition coefficient (Wildman–Crippen LogP) is 5.38. The molecule has 8 heteroatoms. The third-order valence-electron chi connectivity index (χ3n) is 3.72. The molecule has 0 bridgehead atoms. The van der Waals surface area contributed by atoms with Crippen LogP contribution >= 0.6 is 23.1 Å². The molecular weight excluding hydrogens is 392 g/mol. The van der Waals surface area contributed by atoms with Crippen molar-refractivity contribution in [2.45, 2.75) is 4.34 Å². The summed E-state index contributed by atoms with van der Waals surface area (Å²) in [6.45, 7) is 0. The molecule has 28 heavy (non-hydrogen) atoms. The summed E-state index contributed by atoms with van der Waals surface area (Å²) in [5, 5.41) is 12.1. The van der Waals surface area contributed by atoms with E-state index < -0.39 is 0 Å². The summed E-state index contributed by atoms with van der Waals surface area (Å²) < 4.78 is 6.52. The highest BCUT2D eigenvalue weighted by Crippen LogP contribution is 2.29. The van der Waals surface area contributed by atoms with Gasteiger partial charge in [0.25, 0.3) is 0 Å². The van der Waals surface area contributed by atoms with E-state index in [-0.39, 0.29) is 5.78 Å². The molecule has 0 fully saturated rings. The Morgan fingerprint density at radius 2 is 1.79 bits per heavy atom. The summed E-state index contributed by atoms with van der Waals surface area (Å²) in [7, 11) is 0. The maximum absolute atomic E-state index is 12.0. The van der Waals surface area contributed by atoms with Gasteiger partial charge in [-0.15, -0.1) is 10.2 Å². The second kappa shape index (κ2) is 8.73. The van der Waals surface area contributed by atoms with Crippen LogP contribution in [-0.4, -0.2) is 26.7 Å². The highest BCUT2D eigenvalue weighted by Gasteiger charge is 2.10. The zero-order valence-corrected chi connectivity index (χ0v) is 16.3. The molecule has 6 nitrogen and oxygen atoms in total. The van der Waals surface area contributed by atoms with Crippen molar-refractivity contribution in [1.82, 2.24) is 15.2 Å². The van der Waals surface area contributed by atoms with E-state index >= 15 is 0 Å². The van der Waals surface area contributed by atoms with Crippen molar-refractivity contribution >= 4 is 39.7 Å². The van der Waals surface area contributed by atoms with Crippen LogP contribution < -0.4 is 10.1 Å². The Bertz CT molecular complexity index is 1030. The van der Waals surface area contributed by atoms with E-state index in [4.69, 9.17) is 4.74 Å². The number of thioether (sulfide) groups is 1. The molecule has 0 spiro atoms. The molecule has 0 atom stereocenters. The minimum atomic E-state index is 0.0358. The van der Waals surface area contributed by atoms with Crippen molar-refractivity contribution in [3.05, 3.63) is 78.6 Å². The van der Waals surface area contributed by atoms with Gasteiger partial charge in [0.1, 0.15) is 11.5 Å². The summed E-state index contributed by atoms with van der Waals surface area (Å²) in [5.41, 5.74) is 1.49. The van der Waals surface area contributed by atoms with Gasteiger partial charge < -0.3 is 15.0 Å². The highest BCUT2D eigenvalue weighted by molar-refractivity contribution is 8.01. The zero-order valence-electron chi connectivity index (χ0n) is 14.7. The molecule has 0 aliphatic carbocycles. The number of nitrogens with one attached hydrogen (secondary N) is 2. The number of ketones is 1. The summed E-state index contributed by atoms with van der Waals surface area (Å²) in [6.07, 6.45) is 1.74. The van der Waals surface area contributed by atoms with Crippen molar-refractivity contribution in [3.8, 4) is 11.5 Å². The van der Waals surface area contributed by atoms with E-state index in [1.165, 1.54) is 23.1 Å². The number of anilines is 2. The maximum atomic E-state index is 12.0. The van der Waals surface area contributed by atoms with Crippen LogP contribution in [0, 0.1) is 0 Å². The largest absolute Gasteiger partial charge is 0.457 e. The number of rotatable bonds is 8. The van der Waals surface area contributed by atoms with Crippen molar-refractivity contribution in [1.29, 1.82) is 0 Å². The molecular formula is C20H16N4O2S2. The molecule has 2 aromatic heterocycles. The Labute approximate surface area is 170 Å². The van der Waals surface area contributed by atoms with Gasteiger partial charge in [0.05, 0.1) is 11.4 Å². The van der Waals surface area contributed by atoms with Crippen LogP contribution in [0.3, 0.4) is 0 Å². The lowest BCUT2D eigenvalue weighted by Crippen LogP contribution is -2.02. The van der Waals surface area contributed by atoms with Gasteiger partial charge in [-0.2, -0.15) is 0 Å². The zero-order chi connectivity index (χ0) is 19.2. The smallest absolute Gasteiger partial charge is 0.210 e. The fourth-order valence-electron chi connectivity index (χ4n) is 2.38. The van der Waals surface area contributed by atoms with Crippen molar-refractivity contribution in [3.63, 3.8) is 0 Å². The third kappa shape index (κ3) is 4.79. The van der Waals surface area contributed by atoms with E-state index in [1.807, 2.05) is 54.6 Å². The first-order valence-corrected chi connectivity index (χ1v) is 10.3. The minimum Gasteiger partial charge on any atom is -0.457 e. The Morgan fingerprint density at radius 1 is 1.00 bits per heavy atom. The van der Waals surface area contributed by atoms with Crippen LogP contribution in [0.1, 0.15) is 10.5 Å². The number of H-pyrrole nitrogens is 1. The summed E-state index contributed by atoms with van der Waals surface area (Å²) in [6, 6.07) is 20.8. The highest BCUT2D eigenvalue weighted by atomic mass is 32.2. The lowest BCUT2D eigenvalue weighted by Gasteiger charge is -2.06. The molecule has 4 aromatic rings. The number of ether oxygens (including phenoxy) is 1. The van der Waals surface area contributed by atoms with Crippen LogP contribution in [-0.2, 0) is 0 Å². The number of aromatic nitrogens is 3. The van der Waals surface area contributed by atoms with Crippen LogP contribution in [0.5, 0.6) is 11.5 Å². The van der Waals surface area contributed by atoms with Gasteiger partial charge in [0.15, 0.2) is 10.1 Å². The van der Waals surface area contributed by atoms with Gasteiger partial charge in [0.2, 0.25) is 5.13 Å². The van der Waals surface area contributed by atoms with Crippen molar-refractivity contribution < 1.29 is 9.53 Å². The van der Waals surface area contributed by atoms with Gasteiger partial charge >= 0.3 is 0 Å². The number of nitrogens with zero attached hydrogens (tertiary/aromatic N) is 2. The third-order valence-corrected chi connectivity index (χ3v) is 5.69. The number of Topliss-reactive ketones (excluding diaryl/α,β-unsaturated/α-hetero) is 1. The van der Waals surface area contributed by atoms with Crippen LogP contribution in [0.2, 0.25) is 0 Å². The minimum absolute atomic E-state index is 0.0358. The van der Waals surface area contributed by atoms with Gasteiger partial charge in [-0.25, -0.2) is 0 Å². The molecule has 0 aliphatic heterocycles. The number of aromatic amines is 1. The average molecular weight is 409 g/mol. The molecule has 0 saturated heterocycles. The van der Waals surface area contributed by atoms with E-state index in [2.05, 4.69) is 20.5 Å². The molecule has 140 valence electrons. The van der Waals surface area contributed by atoms with Gasteiger partial charge in [-0.05, 0) is 48.5 Å². The number of hydrogen-bond donors (Lipinski definition) is 2. The van der Waals surface area contributed by atoms with E-state index in [1.54, 1.807) is 18.3 Å². The molecule has 2 N–H and O–H groups in total. The number of carbonyl (C=O) groups excluding carboxylic acids is 1. The fourth-order valence-corrected chi connectivity index (χ4v) is 4.04. The lowest BCUT2D eigenvalue weighted by atomic mass is 10.3. The van der Waals surface area contributed by atoms with Gasteiger partial charge in [-0.1, -0.05) is 41.3 Å². The number of para-hydroxylation sites is 1. The molecule has 2 heterocycles. The van der Waals surface area contributed by atoms with Gasteiger partial charge in [0, 0.05) is 11.9 Å². The van der Waals surface area contributed by atoms with E-state index in [0.717, 1.165) is 21.5 Å². The maximum Gasteiger partial charge on any atom is 0.210 e. The first-order valence-electron chi connectivity index (χ1n) is 8.49. The molecule has 0 unspecified atom stereocenters. The Balaban J connectivity index is 1.31. The molecule has 0 amide bonds. The summed E-state index contributed by atoms with van der Waals surface area (Å²) in [4.78, 5) is 14.9. The van der Waals surface area contributed by atoms with Crippen molar-refractivity contribution in [2.75, 3.05) is 11.1 Å². The first-order chi connectivity index (χ1) is 13.8. The topological polar surface area (TPSA) is 79.9 Å². The monoisotopic (exact) mass is 408 g/mol. The molecule has 2 aromatic carbocycles. The van der Waals surface area contributed by atoms with Crippen LogP contribution in [0.4, 0.5) is 10.8 Å². The second-order valence-electron chi connectivity index (χ2n) is 5.73. The summed E-state index contributed by atoms with van der Waals surface area (Å²) in [5.74, 6) is 1.91. The van der Waals surface area contributed by atoms with Crippen LogP contribution in [0.25, 0.3) is 0 Å². The summed E-state index contributed by atoms with van der Waals surface area (Å²) >= 11 is 2.79. The van der Waals surface area contributed by atoms with E-state index in [0.29, 0.717) is 16.6 Å². The SMILES string of the molecule is O=C(CSc1nnc(Nc2ccc(Oc3ccccc3)cc2)s1)c1ccc[nH]1. The molecule has 0 radical (unpaired) electrons.